The molecule has 1 aromatic carbocycles. The summed E-state index contributed by atoms with van der Waals surface area (Å²) >= 11 is 0. The summed E-state index contributed by atoms with van der Waals surface area (Å²) in [5.41, 5.74) is 0.789. The Hall–Kier alpha value is -3.22. The highest BCUT2D eigenvalue weighted by molar-refractivity contribution is 5.67. The normalized spacial score (nSPS) is 10.7. The standard InChI is InChI=1S/C16H14N4O3/c1-2-11-6-5-7-12(10-11)17-15-14(20(22)23)16(21)19-9-4-3-8-13(19)18-15/h3-10,17H,2H2,1H3. The number of hydrogen-bond acceptors (Lipinski definition) is 5. The first-order valence-corrected chi connectivity index (χ1v) is 7.12. The van der Waals surface area contributed by atoms with E-state index in [1.807, 2.05) is 25.1 Å². The molecule has 0 aliphatic rings. The van der Waals surface area contributed by atoms with Gasteiger partial charge in [0.15, 0.2) is 0 Å². The Labute approximate surface area is 131 Å². The van der Waals surface area contributed by atoms with Crippen LogP contribution in [-0.4, -0.2) is 14.3 Å². The third-order valence-corrected chi connectivity index (χ3v) is 3.49. The fourth-order valence-electron chi connectivity index (χ4n) is 2.34. The first kappa shape index (κ1) is 14.7. The quantitative estimate of drug-likeness (QED) is 0.591. The van der Waals surface area contributed by atoms with Crippen molar-refractivity contribution >= 4 is 22.8 Å². The van der Waals surface area contributed by atoms with E-state index in [0.29, 0.717) is 11.3 Å². The summed E-state index contributed by atoms with van der Waals surface area (Å²) in [7, 11) is 0. The van der Waals surface area contributed by atoms with Crippen molar-refractivity contribution in [2.45, 2.75) is 13.3 Å². The van der Waals surface area contributed by atoms with Crippen LogP contribution >= 0.6 is 0 Å². The summed E-state index contributed by atoms with van der Waals surface area (Å²) in [6.07, 6.45) is 2.30. The number of nitrogens with zero attached hydrogens (tertiary/aromatic N) is 3. The predicted octanol–water partition coefficient (Wildman–Crippen LogP) is 2.91. The number of anilines is 2. The lowest BCUT2D eigenvalue weighted by Crippen LogP contribution is -2.20. The van der Waals surface area contributed by atoms with Gasteiger partial charge in [0.25, 0.3) is 0 Å². The average molecular weight is 310 g/mol. The Balaban J connectivity index is 2.17. The number of pyridine rings is 1. The van der Waals surface area contributed by atoms with E-state index in [0.717, 1.165) is 16.4 Å². The van der Waals surface area contributed by atoms with Crippen LogP contribution in [0, 0.1) is 10.1 Å². The number of benzene rings is 1. The van der Waals surface area contributed by atoms with Gasteiger partial charge in [-0.25, -0.2) is 4.98 Å². The van der Waals surface area contributed by atoms with E-state index in [-0.39, 0.29) is 5.82 Å². The van der Waals surface area contributed by atoms with E-state index in [9.17, 15) is 14.9 Å². The molecular weight excluding hydrogens is 296 g/mol. The topological polar surface area (TPSA) is 89.5 Å². The van der Waals surface area contributed by atoms with Gasteiger partial charge < -0.3 is 5.32 Å². The Morgan fingerprint density at radius 1 is 1.26 bits per heavy atom. The second kappa shape index (κ2) is 5.88. The Bertz CT molecular complexity index is 949. The zero-order chi connectivity index (χ0) is 16.4. The molecule has 3 rings (SSSR count). The summed E-state index contributed by atoms with van der Waals surface area (Å²) < 4.78 is 1.16. The summed E-state index contributed by atoms with van der Waals surface area (Å²) in [5, 5.41) is 14.2. The van der Waals surface area contributed by atoms with Crippen LogP contribution in [0.4, 0.5) is 17.2 Å². The molecule has 2 aromatic heterocycles. The second-order valence-corrected chi connectivity index (χ2v) is 4.98. The number of nitrogens with one attached hydrogen (secondary N) is 1. The van der Waals surface area contributed by atoms with Gasteiger partial charge in [0.2, 0.25) is 5.82 Å². The number of rotatable bonds is 4. The van der Waals surface area contributed by atoms with Crippen molar-refractivity contribution in [1.29, 1.82) is 0 Å². The Morgan fingerprint density at radius 3 is 2.83 bits per heavy atom. The Kier molecular flexibility index (Phi) is 3.76. The van der Waals surface area contributed by atoms with Gasteiger partial charge in [-0.1, -0.05) is 25.1 Å². The second-order valence-electron chi connectivity index (χ2n) is 4.98. The minimum atomic E-state index is -0.713. The van der Waals surface area contributed by atoms with Gasteiger partial charge >= 0.3 is 11.2 Å². The van der Waals surface area contributed by atoms with Gasteiger partial charge in [0, 0.05) is 11.9 Å². The molecule has 0 aliphatic carbocycles. The van der Waals surface area contributed by atoms with Gasteiger partial charge in [-0.15, -0.1) is 0 Å². The zero-order valence-electron chi connectivity index (χ0n) is 12.4. The summed E-state index contributed by atoms with van der Waals surface area (Å²) in [6.45, 7) is 2.02. The minimum Gasteiger partial charge on any atom is -0.334 e. The minimum absolute atomic E-state index is 0.0561. The van der Waals surface area contributed by atoms with E-state index in [4.69, 9.17) is 0 Å². The van der Waals surface area contributed by atoms with Crippen molar-refractivity contribution in [1.82, 2.24) is 9.38 Å². The Morgan fingerprint density at radius 2 is 2.09 bits per heavy atom. The van der Waals surface area contributed by atoms with Crippen LogP contribution in [-0.2, 0) is 6.42 Å². The lowest BCUT2D eigenvalue weighted by molar-refractivity contribution is -0.385. The van der Waals surface area contributed by atoms with Crippen LogP contribution in [0.15, 0.2) is 53.5 Å². The van der Waals surface area contributed by atoms with Gasteiger partial charge in [-0.3, -0.25) is 19.3 Å². The van der Waals surface area contributed by atoms with Crippen LogP contribution < -0.4 is 10.9 Å². The van der Waals surface area contributed by atoms with Gasteiger partial charge in [-0.05, 0) is 36.2 Å². The van der Waals surface area contributed by atoms with E-state index in [1.165, 1.54) is 6.20 Å². The smallest absolute Gasteiger partial charge is 0.334 e. The van der Waals surface area contributed by atoms with Crippen LogP contribution in [0.1, 0.15) is 12.5 Å². The van der Waals surface area contributed by atoms with Crippen LogP contribution in [0.3, 0.4) is 0 Å². The molecule has 1 N–H and O–H groups in total. The van der Waals surface area contributed by atoms with Crippen molar-refractivity contribution in [2.75, 3.05) is 5.32 Å². The molecule has 2 heterocycles. The third-order valence-electron chi connectivity index (χ3n) is 3.49. The zero-order valence-corrected chi connectivity index (χ0v) is 12.4. The number of fused-ring (bicyclic) bond motifs is 1. The fourth-order valence-corrected chi connectivity index (χ4v) is 2.34. The van der Waals surface area contributed by atoms with Crippen molar-refractivity contribution < 1.29 is 4.92 Å². The molecule has 0 saturated heterocycles. The van der Waals surface area contributed by atoms with Crippen LogP contribution in [0.25, 0.3) is 5.65 Å². The van der Waals surface area contributed by atoms with Crippen molar-refractivity contribution in [3.63, 3.8) is 0 Å². The number of aromatic nitrogens is 2. The van der Waals surface area contributed by atoms with E-state index < -0.39 is 16.2 Å². The van der Waals surface area contributed by atoms with Crippen molar-refractivity contribution in [2.24, 2.45) is 0 Å². The first-order valence-electron chi connectivity index (χ1n) is 7.12. The molecule has 7 heteroatoms. The maximum absolute atomic E-state index is 12.3. The SMILES string of the molecule is CCc1cccc(Nc2nc3ccccn3c(=O)c2[N+](=O)[O-])c1. The fraction of sp³-hybridized carbons (Fsp3) is 0.125. The lowest BCUT2D eigenvalue weighted by Gasteiger charge is -2.09. The summed E-state index contributed by atoms with van der Waals surface area (Å²) in [5.74, 6) is -0.0561. The molecule has 0 amide bonds. The number of hydrogen-bond donors (Lipinski definition) is 1. The maximum atomic E-state index is 12.3. The van der Waals surface area contributed by atoms with Crippen LogP contribution in [0.5, 0.6) is 0 Å². The van der Waals surface area contributed by atoms with Gasteiger partial charge in [0.1, 0.15) is 5.65 Å². The van der Waals surface area contributed by atoms with Crippen molar-refractivity contribution in [3.8, 4) is 0 Å². The summed E-state index contributed by atoms with van der Waals surface area (Å²) in [4.78, 5) is 27.2. The van der Waals surface area contributed by atoms with E-state index >= 15 is 0 Å². The third kappa shape index (κ3) is 2.76. The van der Waals surface area contributed by atoms with Gasteiger partial charge in [0.05, 0.1) is 4.92 Å². The van der Waals surface area contributed by atoms with E-state index in [1.54, 1.807) is 24.3 Å². The highest BCUT2D eigenvalue weighted by Crippen LogP contribution is 2.23. The van der Waals surface area contributed by atoms with E-state index in [2.05, 4.69) is 10.3 Å². The molecule has 23 heavy (non-hydrogen) atoms. The molecular formula is C16H14N4O3. The van der Waals surface area contributed by atoms with Crippen molar-refractivity contribution in [3.05, 3.63) is 74.7 Å². The molecule has 0 atom stereocenters. The lowest BCUT2D eigenvalue weighted by atomic mass is 10.1. The monoisotopic (exact) mass is 310 g/mol. The summed E-state index contributed by atoms with van der Waals surface area (Å²) in [6, 6.07) is 12.4. The molecule has 0 unspecified atom stereocenters. The van der Waals surface area contributed by atoms with Gasteiger partial charge in [-0.2, -0.15) is 0 Å². The highest BCUT2D eigenvalue weighted by Gasteiger charge is 2.23. The maximum Gasteiger partial charge on any atom is 0.376 e. The molecule has 0 aliphatic heterocycles. The molecule has 7 nitrogen and oxygen atoms in total. The molecule has 0 radical (unpaired) electrons. The van der Waals surface area contributed by atoms with Crippen LogP contribution in [0.2, 0.25) is 0 Å². The first-order chi connectivity index (χ1) is 11.1. The molecule has 0 saturated carbocycles. The number of aryl methyl sites for hydroxylation is 1. The molecule has 0 bridgehead atoms. The molecule has 0 fully saturated rings. The molecule has 116 valence electrons. The molecule has 0 spiro atoms. The largest absolute Gasteiger partial charge is 0.376 e. The highest BCUT2D eigenvalue weighted by atomic mass is 16.6. The predicted molar refractivity (Wildman–Crippen MR) is 87.2 cm³/mol. The average Bonchev–Trinajstić information content (AvgIpc) is 2.55. The number of nitro groups is 1. The molecule has 3 aromatic rings.